The quantitative estimate of drug-likeness (QED) is 0.554. The first-order chi connectivity index (χ1) is 14.9. The van der Waals surface area contributed by atoms with Crippen LogP contribution in [0.15, 0.2) is 30.6 Å². The van der Waals surface area contributed by atoms with Gasteiger partial charge in [0.2, 0.25) is 16.0 Å². The van der Waals surface area contributed by atoms with Crippen molar-refractivity contribution < 1.29 is 31.1 Å². The fourth-order valence-electron chi connectivity index (χ4n) is 3.49. The molecule has 3 aromatic heterocycles. The molecule has 1 fully saturated rings. The van der Waals surface area contributed by atoms with E-state index in [0.717, 1.165) is 45.7 Å². The zero-order chi connectivity index (χ0) is 23.3. The molecule has 32 heavy (non-hydrogen) atoms. The summed E-state index contributed by atoms with van der Waals surface area (Å²) in [6.07, 6.45) is -2.21. The van der Waals surface area contributed by atoms with Gasteiger partial charge in [0.1, 0.15) is 5.52 Å². The van der Waals surface area contributed by atoms with Crippen LogP contribution in [0.2, 0.25) is 0 Å². The first-order valence-electron chi connectivity index (χ1n) is 9.41. The Morgan fingerprint density at radius 1 is 1.25 bits per heavy atom. The molecule has 0 unspecified atom stereocenters. The second-order valence-corrected chi connectivity index (χ2v) is 9.39. The van der Waals surface area contributed by atoms with Crippen LogP contribution in [0, 0.1) is 5.82 Å². The first-order valence-corrected chi connectivity index (χ1v) is 11.3. The highest BCUT2D eigenvalue weighted by Crippen LogP contribution is 2.32. The van der Waals surface area contributed by atoms with Crippen molar-refractivity contribution >= 4 is 21.5 Å². The molecule has 1 saturated heterocycles. The van der Waals surface area contributed by atoms with Crippen molar-refractivity contribution in [3.8, 4) is 11.4 Å². The van der Waals surface area contributed by atoms with Gasteiger partial charge >= 0.3 is 6.18 Å². The Morgan fingerprint density at radius 3 is 2.66 bits per heavy atom. The Morgan fingerprint density at radius 2 is 2.00 bits per heavy atom. The summed E-state index contributed by atoms with van der Waals surface area (Å²) in [5, 5.41) is 17.3. The van der Waals surface area contributed by atoms with Gasteiger partial charge in [-0.1, -0.05) is 0 Å². The molecule has 3 aromatic rings. The van der Waals surface area contributed by atoms with Crippen LogP contribution in [0.25, 0.3) is 16.9 Å². The van der Waals surface area contributed by atoms with Gasteiger partial charge in [0.25, 0.3) is 0 Å². The van der Waals surface area contributed by atoms with Crippen LogP contribution in [0.5, 0.6) is 0 Å². The normalized spacial score (nSPS) is 20.6. The molecule has 1 aliphatic rings. The highest BCUT2D eigenvalue weighted by atomic mass is 32.2. The van der Waals surface area contributed by atoms with Crippen LogP contribution in [0.4, 0.5) is 23.5 Å². The van der Waals surface area contributed by atoms with E-state index in [4.69, 9.17) is 0 Å². The van der Waals surface area contributed by atoms with Crippen molar-refractivity contribution in [2.45, 2.75) is 24.7 Å². The fraction of sp³-hybridized carbons (Fsp3) is 0.389. The number of hydrogen-bond acceptors (Lipinski definition) is 7. The van der Waals surface area contributed by atoms with Crippen LogP contribution < -0.4 is 5.32 Å². The van der Waals surface area contributed by atoms with E-state index in [-0.39, 0.29) is 42.4 Å². The Bertz CT molecular complexity index is 1260. The zero-order valence-electron chi connectivity index (χ0n) is 16.6. The number of anilines is 1. The van der Waals surface area contributed by atoms with Crippen molar-refractivity contribution in [1.29, 1.82) is 0 Å². The second kappa shape index (κ2) is 7.94. The molecule has 0 saturated carbocycles. The monoisotopic (exact) mass is 474 g/mol. The highest BCUT2D eigenvalue weighted by molar-refractivity contribution is 7.88. The average molecular weight is 474 g/mol. The number of aliphatic hydroxyl groups is 1. The molecule has 0 bridgehead atoms. The molecule has 172 valence electrons. The molecule has 0 aromatic carbocycles. The van der Waals surface area contributed by atoms with Crippen LogP contribution in [0.3, 0.4) is 0 Å². The number of nitrogens with one attached hydrogen (secondary N) is 1. The largest absolute Gasteiger partial charge is 0.416 e. The minimum absolute atomic E-state index is 0.0125. The van der Waals surface area contributed by atoms with Crippen molar-refractivity contribution in [3.05, 3.63) is 42.0 Å². The Labute approximate surface area is 179 Å². The van der Waals surface area contributed by atoms with Gasteiger partial charge < -0.3 is 10.4 Å². The van der Waals surface area contributed by atoms with E-state index in [0.29, 0.717) is 0 Å². The fourth-order valence-corrected chi connectivity index (χ4v) is 4.35. The summed E-state index contributed by atoms with van der Waals surface area (Å²) in [6.45, 7) is 0.0592. The molecule has 0 radical (unpaired) electrons. The Balaban J connectivity index is 1.64. The number of rotatable bonds is 4. The highest BCUT2D eigenvalue weighted by Gasteiger charge is 2.33. The summed E-state index contributed by atoms with van der Waals surface area (Å²) in [5.41, 5.74) is -1.16. The van der Waals surface area contributed by atoms with Crippen molar-refractivity contribution in [1.82, 2.24) is 23.9 Å². The number of pyridine rings is 1. The van der Waals surface area contributed by atoms with E-state index in [9.17, 15) is 31.1 Å². The van der Waals surface area contributed by atoms with Crippen LogP contribution >= 0.6 is 0 Å². The first kappa shape index (κ1) is 22.4. The molecule has 4 rings (SSSR count). The van der Waals surface area contributed by atoms with E-state index >= 15 is 0 Å². The van der Waals surface area contributed by atoms with E-state index in [1.807, 2.05) is 0 Å². The maximum Gasteiger partial charge on any atom is 0.416 e. The van der Waals surface area contributed by atoms with Crippen LogP contribution in [-0.2, 0) is 16.2 Å². The minimum atomic E-state index is -4.60. The minimum Gasteiger partial charge on any atom is -0.390 e. The van der Waals surface area contributed by atoms with Gasteiger partial charge in [0, 0.05) is 25.4 Å². The lowest BCUT2D eigenvalue weighted by molar-refractivity contribution is -0.137. The van der Waals surface area contributed by atoms with E-state index < -0.39 is 39.7 Å². The van der Waals surface area contributed by atoms with Crippen molar-refractivity contribution in [3.63, 3.8) is 0 Å². The van der Waals surface area contributed by atoms with Gasteiger partial charge in [-0.05, 0) is 18.6 Å². The van der Waals surface area contributed by atoms with Gasteiger partial charge in [0.05, 0.1) is 41.5 Å². The molecule has 0 spiro atoms. The van der Waals surface area contributed by atoms with Crippen LogP contribution in [0.1, 0.15) is 12.0 Å². The number of fused-ring (bicyclic) bond motifs is 1. The average Bonchev–Trinajstić information content (AvgIpc) is 3.04. The zero-order valence-corrected chi connectivity index (χ0v) is 17.4. The summed E-state index contributed by atoms with van der Waals surface area (Å²) in [6, 6.07) is 2.03. The lowest BCUT2D eigenvalue weighted by atomic mass is 10.0. The predicted molar refractivity (Wildman–Crippen MR) is 106 cm³/mol. The maximum atomic E-state index is 14.4. The number of piperidine rings is 1. The van der Waals surface area contributed by atoms with Gasteiger partial charge in [-0.2, -0.15) is 17.5 Å². The molecule has 4 heterocycles. The number of β-amino-alcohol motifs (C(OH)–C–C–N with tert-alkyl or cyclic N) is 1. The van der Waals surface area contributed by atoms with E-state index in [1.165, 1.54) is 0 Å². The number of aliphatic hydroxyl groups excluding tert-OH is 1. The van der Waals surface area contributed by atoms with Gasteiger partial charge in [0.15, 0.2) is 5.82 Å². The van der Waals surface area contributed by atoms with Gasteiger partial charge in [-0.25, -0.2) is 22.3 Å². The van der Waals surface area contributed by atoms with E-state index in [1.54, 1.807) is 0 Å². The molecule has 9 nitrogen and oxygen atoms in total. The number of alkyl halides is 3. The molecule has 14 heteroatoms. The van der Waals surface area contributed by atoms with Crippen molar-refractivity contribution in [2.75, 3.05) is 24.7 Å². The lowest BCUT2D eigenvalue weighted by Crippen LogP contribution is -2.51. The third kappa shape index (κ3) is 4.38. The third-order valence-corrected chi connectivity index (χ3v) is 6.42. The standard InChI is InChI=1S/C18H18F4N6O3S/c1-32(30,31)27-5-3-12(16(29)9-27)25-17-24-8-15-11(19)7-14(28(15)26-17)13-6-10(2-4-23-13)18(20,21)22/h2,4,6-8,12,16,29H,3,5,9H2,1H3,(H,25,26)/t12-,16-/m1/s1. The van der Waals surface area contributed by atoms with Gasteiger partial charge in [-0.15, -0.1) is 5.10 Å². The summed E-state index contributed by atoms with van der Waals surface area (Å²) in [5.74, 6) is -0.759. The molecular weight excluding hydrogens is 456 g/mol. The Hall–Kier alpha value is -2.84. The molecule has 1 aliphatic heterocycles. The molecule has 2 atom stereocenters. The smallest absolute Gasteiger partial charge is 0.390 e. The maximum absolute atomic E-state index is 14.4. The van der Waals surface area contributed by atoms with Crippen molar-refractivity contribution in [2.24, 2.45) is 0 Å². The third-order valence-electron chi connectivity index (χ3n) is 5.15. The van der Waals surface area contributed by atoms with E-state index in [2.05, 4.69) is 20.4 Å². The van der Waals surface area contributed by atoms with Gasteiger partial charge in [-0.3, -0.25) is 4.98 Å². The number of sulfonamides is 1. The summed E-state index contributed by atoms with van der Waals surface area (Å²) >= 11 is 0. The predicted octanol–water partition coefficient (Wildman–Crippen LogP) is 1.76. The topological polar surface area (TPSA) is 113 Å². The molecule has 2 N–H and O–H groups in total. The molecule has 0 amide bonds. The molecular formula is C18H18F4N6O3S. The number of halogens is 4. The lowest BCUT2D eigenvalue weighted by Gasteiger charge is -2.34. The summed E-state index contributed by atoms with van der Waals surface area (Å²) < 4.78 is 79.1. The number of aromatic nitrogens is 4. The second-order valence-electron chi connectivity index (χ2n) is 7.41. The number of hydrogen-bond donors (Lipinski definition) is 2. The summed E-state index contributed by atoms with van der Waals surface area (Å²) in [4.78, 5) is 7.91. The molecule has 0 aliphatic carbocycles. The van der Waals surface area contributed by atoms with Crippen LogP contribution in [-0.4, -0.2) is 68.9 Å². The summed E-state index contributed by atoms with van der Waals surface area (Å²) in [7, 11) is -3.45. The SMILES string of the molecule is CS(=O)(=O)N1CC[C@@H](Nc2ncc3c(F)cc(-c4cc(C(F)(F)F)ccn4)n3n2)[C@H](O)C1. The number of nitrogens with zero attached hydrogens (tertiary/aromatic N) is 5. The Kier molecular flexibility index (Phi) is 5.55.